The van der Waals surface area contributed by atoms with Crippen molar-refractivity contribution in [1.82, 2.24) is 14.9 Å². The highest BCUT2D eigenvalue weighted by atomic mass is 32.2. The van der Waals surface area contributed by atoms with E-state index in [9.17, 15) is 19.5 Å². The number of anilines is 2. The fourth-order valence-corrected chi connectivity index (χ4v) is 4.16. The van der Waals surface area contributed by atoms with Crippen LogP contribution in [0.4, 0.5) is 11.5 Å². The molecule has 1 unspecified atom stereocenters. The van der Waals surface area contributed by atoms with E-state index in [4.69, 9.17) is 0 Å². The Kier molecular flexibility index (Phi) is 8.12. The summed E-state index contributed by atoms with van der Waals surface area (Å²) < 4.78 is 1.75. The molecule has 1 aromatic heterocycles. The predicted molar refractivity (Wildman–Crippen MR) is 135 cm³/mol. The molecule has 8 nitrogen and oxygen atoms in total. The molecule has 1 atom stereocenters. The maximum Gasteiger partial charge on any atom is 0.326 e. The van der Waals surface area contributed by atoms with Gasteiger partial charge >= 0.3 is 5.97 Å². The average Bonchev–Trinajstić information content (AvgIpc) is 3.21. The number of carbonyl (C=O) groups excluding carboxylic acids is 2. The molecule has 9 heteroatoms. The zero-order valence-corrected chi connectivity index (χ0v) is 20.4. The van der Waals surface area contributed by atoms with E-state index in [1.807, 2.05) is 44.5 Å². The van der Waals surface area contributed by atoms with Gasteiger partial charge in [0.25, 0.3) is 5.91 Å². The average molecular weight is 481 g/mol. The van der Waals surface area contributed by atoms with Gasteiger partial charge in [0.1, 0.15) is 6.04 Å². The lowest BCUT2D eigenvalue weighted by Gasteiger charge is -2.22. The number of carboxylic acids is 1. The number of thioether (sulfide) groups is 1. The molecule has 0 saturated heterocycles. The minimum absolute atomic E-state index is 0.227. The summed E-state index contributed by atoms with van der Waals surface area (Å²) in [6.07, 6.45) is 5.55. The van der Waals surface area contributed by atoms with E-state index in [1.165, 1.54) is 23.6 Å². The highest BCUT2D eigenvalue weighted by molar-refractivity contribution is 7.98. The number of aryl methyl sites for hydroxylation is 2. The summed E-state index contributed by atoms with van der Waals surface area (Å²) in [5.41, 5.74) is 3.24. The number of carboxylic acid groups (broad SMARTS) is 1. The molecule has 0 fully saturated rings. The molecule has 2 aromatic carbocycles. The van der Waals surface area contributed by atoms with Crippen molar-refractivity contribution < 1.29 is 19.5 Å². The van der Waals surface area contributed by atoms with E-state index in [0.717, 1.165) is 11.1 Å². The number of carbonyl (C=O) groups is 3. The zero-order chi connectivity index (χ0) is 24.8. The molecule has 0 spiro atoms. The smallest absolute Gasteiger partial charge is 0.326 e. The highest BCUT2D eigenvalue weighted by Gasteiger charge is 2.24. The number of amides is 2. The van der Waals surface area contributed by atoms with Gasteiger partial charge in [-0.3, -0.25) is 14.5 Å². The molecule has 1 heterocycles. The lowest BCUT2D eigenvalue weighted by atomic mass is 9.94. The van der Waals surface area contributed by atoms with Crippen LogP contribution in [0.1, 0.15) is 29.3 Å². The van der Waals surface area contributed by atoms with Crippen LogP contribution in [-0.4, -0.2) is 50.5 Å². The molecule has 0 aliphatic carbocycles. The summed E-state index contributed by atoms with van der Waals surface area (Å²) in [5.74, 6) is -0.709. The van der Waals surface area contributed by atoms with Gasteiger partial charge in [-0.15, -0.1) is 0 Å². The predicted octanol–water partition coefficient (Wildman–Crippen LogP) is 4.02. The van der Waals surface area contributed by atoms with Gasteiger partial charge in [0.05, 0.1) is 12.0 Å². The summed E-state index contributed by atoms with van der Waals surface area (Å²) in [6, 6.07) is 11.7. The first-order valence-electron chi connectivity index (χ1n) is 10.7. The number of aliphatic carboxylic acids is 1. The SMILES string of the molecule is CSCCC(NC(=O)c1ccc(N(C(C)=O)c2cn(C)cn2)cc1-c1ccccc1C)C(=O)O. The van der Waals surface area contributed by atoms with Gasteiger partial charge in [-0.2, -0.15) is 11.8 Å². The van der Waals surface area contributed by atoms with Crippen molar-refractivity contribution in [1.29, 1.82) is 0 Å². The van der Waals surface area contributed by atoms with Crippen LogP contribution in [0.15, 0.2) is 55.0 Å². The standard InChI is InChI=1S/C25H28N4O4S/c1-16-7-5-6-8-19(16)21-13-18(29(17(2)30)23-14-28(3)15-26-23)9-10-20(21)24(31)27-22(25(32)33)11-12-34-4/h5-10,13-15,22H,11-12H2,1-4H3,(H,27,31)(H,32,33). The van der Waals surface area contributed by atoms with E-state index in [1.54, 1.807) is 35.3 Å². The van der Waals surface area contributed by atoms with Crippen LogP contribution in [0, 0.1) is 6.92 Å². The second kappa shape index (κ2) is 11.0. The third-order valence-electron chi connectivity index (χ3n) is 5.39. The van der Waals surface area contributed by atoms with Gasteiger partial charge in [0.15, 0.2) is 5.82 Å². The Labute approximate surface area is 203 Å². The van der Waals surface area contributed by atoms with Crippen LogP contribution in [0.5, 0.6) is 0 Å². The number of benzene rings is 2. The Morgan fingerprint density at radius 2 is 1.91 bits per heavy atom. The lowest BCUT2D eigenvalue weighted by molar-refractivity contribution is -0.139. The maximum atomic E-state index is 13.2. The van der Waals surface area contributed by atoms with Crippen LogP contribution in [0.3, 0.4) is 0 Å². The molecule has 3 aromatic rings. The molecule has 0 bridgehead atoms. The normalized spacial score (nSPS) is 11.6. The lowest BCUT2D eigenvalue weighted by Crippen LogP contribution is -2.41. The number of hydrogen-bond acceptors (Lipinski definition) is 5. The van der Waals surface area contributed by atoms with Crippen molar-refractivity contribution in [3.8, 4) is 11.1 Å². The topological polar surface area (TPSA) is 105 Å². The number of nitrogens with zero attached hydrogens (tertiary/aromatic N) is 3. The van der Waals surface area contributed by atoms with Crippen LogP contribution in [0.25, 0.3) is 11.1 Å². The van der Waals surface area contributed by atoms with E-state index in [-0.39, 0.29) is 5.91 Å². The molecule has 34 heavy (non-hydrogen) atoms. The molecule has 0 radical (unpaired) electrons. The molecule has 3 rings (SSSR count). The second-order valence-electron chi connectivity index (χ2n) is 7.94. The van der Waals surface area contributed by atoms with Crippen molar-refractivity contribution in [2.75, 3.05) is 16.9 Å². The van der Waals surface area contributed by atoms with Crippen LogP contribution >= 0.6 is 11.8 Å². The monoisotopic (exact) mass is 480 g/mol. The van der Waals surface area contributed by atoms with E-state index < -0.39 is 17.9 Å². The van der Waals surface area contributed by atoms with Gasteiger partial charge in [0.2, 0.25) is 5.91 Å². The van der Waals surface area contributed by atoms with Gasteiger partial charge in [-0.25, -0.2) is 9.78 Å². The largest absolute Gasteiger partial charge is 0.480 e. The number of hydrogen-bond donors (Lipinski definition) is 2. The molecule has 2 amide bonds. The summed E-state index contributed by atoms with van der Waals surface area (Å²) in [7, 11) is 1.82. The van der Waals surface area contributed by atoms with Crippen molar-refractivity contribution in [3.05, 3.63) is 66.1 Å². The van der Waals surface area contributed by atoms with Gasteiger partial charge < -0.3 is 15.0 Å². The van der Waals surface area contributed by atoms with E-state index in [2.05, 4.69) is 10.3 Å². The summed E-state index contributed by atoms with van der Waals surface area (Å²) in [5, 5.41) is 12.2. The third-order valence-corrected chi connectivity index (χ3v) is 6.03. The Hall–Kier alpha value is -3.59. The molecule has 0 aliphatic rings. The van der Waals surface area contributed by atoms with Crippen LogP contribution in [-0.2, 0) is 16.6 Å². The number of aromatic nitrogens is 2. The minimum atomic E-state index is -1.07. The van der Waals surface area contributed by atoms with Crippen molar-refractivity contribution >= 4 is 41.1 Å². The van der Waals surface area contributed by atoms with Crippen molar-refractivity contribution in [3.63, 3.8) is 0 Å². The van der Waals surface area contributed by atoms with Gasteiger partial charge in [-0.05, 0) is 60.2 Å². The molecular formula is C25H28N4O4S. The Bertz CT molecular complexity index is 1210. The van der Waals surface area contributed by atoms with Crippen LogP contribution in [0.2, 0.25) is 0 Å². The summed E-state index contributed by atoms with van der Waals surface area (Å²) >= 11 is 1.52. The molecule has 0 aliphatic heterocycles. The van der Waals surface area contributed by atoms with Gasteiger partial charge in [-0.1, -0.05) is 24.3 Å². The Balaban J connectivity index is 2.10. The van der Waals surface area contributed by atoms with Crippen molar-refractivity contribution in [2.45, 2.75) is 26.3 Å². The third kappa shape index (κ3) is 5.66. The molecule has 178 valence electrons. The highest BCUT2D eigenvalue weighted by Crippen LogP contribution is 2.33. The van der Waals surface area contributed by atoms with E-state index in [0.29, 0.717) is 34.8 Å². The fraction of sp³-hybridized carbons (Fsp3) is 0.280. The number of nitrogens with one attached hydrogen (secondary N) is 1. The fourth-order valence-electron chi connectivity index (χ4n) is 3.69. The van der Waals surface area contributed by atoms with Crippen molar-refractivity contribution in [2.24, 2.45) is 7.05 Å². The molecule has 0 saturated carbocycles. The Morgan fingerprint density at radius 3 is 2.50 bits per heavy atom. The first-order valence-corrected chi connectivity index (χ1v) is 12.1. The number of rotatable bonds is 9. The minimum Gasteiger partial charge on any atom is -0.480 e. The van der Waals surface area contributed by atoms with Gasteiger partial charge in [0, 0.05) is 25.7 Å². The molecular weight excluding hydrogens is 452 g/mol. The number of imidazole rings is 1. The first kappa shape index (κ1) is 25.0. The Morgan fingerprint density at radius 1 is 1.18 bits per heavy atom. The van der Waals surface area contributed by atoms with E-state index >= 15 is 0 Å². The zero-order valence-electron chi connectivity index (χ0n) is 19.6. The quantitative estimate of drug-likeness (QED) is 0.479. The first-order chi connectivity index (χ1) is 16.2. The molecule has 2 N–H and O–H groups in total. The second-order valence-corrected chi connectivity index (χ2v) is 8.93. The summed E-state index contributed by atoms with van der Waals surface area (Å²) in [4.78, 5) is 43.2. The van der Waals surface area contributed by atoms with Crippen LogP contribution < -0.4 is 10.2 Å². The maximum absolute atomic E-state index is 13.2. The summed E-state index contributed by atoms with van der Waals surface area (Å²) in [6.45, 7) is 3.38.